The molecule has 0 atom stereocenters. The van der Waals surface area contributed by atoms with Gasteiger partial charge in [0.05, 0.1) is 5.56 Å². The van der Waals surface area contributed by atoms with E-state index in [1.807, 2.05) is 18.2 Å². The Morgan fingerprint density at radius 2 is 1.90 bits per heavy atom. The van der Waals surface area contributed by atoms with Crippen LogP contribution >= 0.6 is 34.2 Å². The molecule has 4 nitrogen and oxygen atoms in total. The molecule has 0 aromatic heterocycles. The molecule has 21 heavy (non-hydrogen) atoms. The van der Waals surface area contributed by atoms with Crippen LogP contribution in [-0.2, 0) is 9.53 Å². The van der Waals surface area contributed by atoms with Crippen molar-refractivity contribution in [1.29, 1.82) is 0 Å². The molecular formula is C15H11ClINO3. The van der Waals surface area contributed by atoms with Crippen molar-refractivity contribution in [3.05, 3.63) is 62.7 Å². The zero-order valence-electron chi connectivity index (χ0n) is 10.8. The molecule has 0 aliphatic heterocycles. The molecule has 0 unspecified atom stereocenters. The quantitative estimate of drug-likeness (QED) is 0.611. The highest BCUT2D eigenvalue weighted by atomic mass is 127. The second kappa shape index (κ2) is 7.42. The van der Waals surface area contributed by atoms with Crippen LogP contribution in [0.15, 0.2) is 48.5 Å². The second-order valence-electron chi connectivity index (χ2n) is 4.15. The number of rotatable bonds is 4. The number of hydrogen-bond donors (Lipinski definition) is 1. The number of carbonyl (C=O) groups excluding carboxylic acids is 2. The maximum absolute atomic E-state index is 11.7. The van der Waals surface area contributed by atoms with E-state index in [0.717, 1.165) is 3.57 Å². The van der Waals surface area contributed by atoms with Crippen molar-refractivity contribution < 1.29 is 14.3 Å². The predicted molar refractivity (Wildman–Crippen MR) is 89.5 cm³/mol. The fraction of sp³-hybridized carbons (Fsp3) is 0.0667. The summed E-state index contributed by atoms with van der Waals surface area (Å²) in [6.45, 7) is -0.350. The summed E-state index contributed by atoms with van der Waals surface area (Å²) in [5.74, 6) is -0.984. The van der Waals surface area contributed by atoms with Crippen molar-refractivity contribution in [2.45, 2.75) is 0 Å². The monoisotopic (exact) mass is 415 g/mol. The summed E-state index contributed by atoms with van der Waals surface area (Å²) in [4.78, 5) is 23.5. The lowest BCUT2D eigenvalue weighted by Gasteiger charge is -2.07. The summed E-state index contributed by atoms with van der Waals surface area (Å²) in [6, 6.07) is 13.7. The topological polar surface area (TPSA) is 55.4 Å². The van der Waals surface area contributed by atoms with Gasteiger partial charge in [-0.3, -0.25) is 4.79 Å². The largest absolute Gasteiger partial charge is 0.452 e. The van der Waals surface area contributed by atoms with E-state index < -0.39 is 11.9 Å². The molecule has 2 aromatic rings. The van der Waals surface area contributed by atoms with Crippen LogP contribution in [0.3, 0.4) is 0 Å². The molecule has 1 amide bonds. The fourth-order valence-electron chi connectivity index (χ4n) is 1.59. The van der Waals surface area contributed by atoms with Crippen LogP contribution < -0.4 is 5.32 Å². The summed E-state index contributed by atoms with van der Waals surface area (Å²) in [5, 5.41) is 3.09. The summed E-state index contributed by atoms with van der Waals surface area (Å²) < 4.78 is 5.94. The van der Waals surface area contributed by atoms with Gasteiger partial charge in [0.25, 0.3) is 5.91 Å². The maximum atomic E-state index is 11.7. The predicted octanol–water partition coefficient (Wildman–Crippen LogP) is 3.74. The second-order valence-corrected chi connectivity index (χ2v) is 5.83. The standard InChI is InChI=1S/C15H11ClINO3/c16-11-4-1-3-10(7-11)15(20)21-9-14(19)18-13-6-2-5-12(17)8-13/h1-8H,9H2,(H,18,19). The first kappa shape index (κ1) is 15.8. The molecule has 2 rings (SSSR count). The Balaban J connectivity index is 1.88. The first-order chi connectivity index (χ1) is 10.0. The van der Waals surface area contributed by atoms with Crippen LogP contribution in [0.1, 0.15) is 10.4 Å². The van der Waals surface area contributed by atoms with Crippen LogP contribution in [0, 0.1) is 3.57 Å². The van der Waals surface area contributed by atoms with Crippen LogP contribution in [0.4, 0.5) is 5.69 Å². The molecule has 0 aliphatic rings. The van der Waals surface area contributed by atoms with Crippen LogP contribution in [0.25, 0.3) is 0 Å². The van der Waals surface area contributed by atoms with Gasteiger partial charge in [-0.05, 0) is 59.0 Å². The minimum Gasteiger partial charge on any atom is -0.452 e. The third-order valence-corrected chi connectivity index (χ3v) is 3.41. The van der Waals surface area contributed by atoms with Gasteiger partial charge in [0.15, 0.2) is 6.61 Å². The number of nitrogens with one attached hydrogen (secondary N) is 1. The highest BCUT2D eigenvalue weighted by Crippen LogP contribution is 2.13. The molecule has 0 saturated carbocycles. The van der Waals surface area contributed by atoms with Gasteiger partial charge in [0.1, 0.15) is 0 Å². The number of ether oxygens (including phenoxy) is 1. The van der Waals surface area contributed by atoms with Crippen LogP contribution in [-0.4, -0.2) is 18.5 Å². The summed E-state index contributed by atoms with van der Waals surface area (Å²) in [5.41, 5.74) is 0.968. The Hall–Kier alpha value is -1.60. The lowest BCUT2D eigenvalue weighted by Crippen LogP contribution is -2.20. The van der Waals surface area contributed by atoms with Crippen molar-refractivity contribution in [2.75, 3.05) is 11.9 Å². The van der Waals surface area contributed by atoms with Gasteiger partial charge in [-0.15, -0.1) is 0 Å². The van der Waals surface area contributed by atoms with E-state index >= 15 is 0 Å². The molecule has 108 valence electrons. The van der Waals surface area contributed by atoms with Crippen molar-refractivity contribution in [2.24, 2.45) is 0 Å². The van der Waals surface area contributed by atoms with Gasteiger partial charge in [0, 0.05) is 14.3 Å². The molecule has 0 spiro atoms. The van der Waals surface area contributed by atoms with Crippen molar-refractivity contribution >= 4 is 51.8 Å². The fourth-order valence-corrected chi connectivity index (χ4v) is 2.33. The first-order valence-electron chi connectivity index (χ1n) is 6.03. The molecule has 0 saturated heterocycles. The van der Waals surface area contributed by atoms with Gasteiger partial charge in [-0.2, -0.15) is 0 Å². The van der Waals surface area contributed by atoms with E-state index in [1.54, 1.807) is 24.3 Å². The normalized spacial score (nSPS) is 10.0. The summed E-state index contributed by atoms with van der Waals surface area (Å²) in [7, 11) is 0. The highest BCUT2D eigenvalue weighted by Gasteiger charge is 2.10. The van der Waals surface area contributed by atoms with E-state index in [-0.39, 0.29) is 6.61 Å². The third-order valence-electron chi connectivity index (χ3n) is 2.50. The number of hydrogen-bond acceptors (Lipinski definition) is 3. The van der Waals surface area contributed by atoms with Gasteiger partial charge in [-0.25, -0.2) is 4.79 Å². The van der Waals surface area contributed by atoms with Crippen LogP contribution in [0.2, 0.25) is 5.02 Å². The number of esters is 1. The Bertz CT molecular complexity index is 675. The Morgan fingerprint density at radius 1 is 1.14 bits per heavy atom. The smallest absolute Gasteiger partial charge is 0.338 e. The minimum absolute atomic E-state index is 0.310. The van der Waals surface area contributed by atoms with Gasteiger partial charge < -0.3 is 10.1 Å². The molecule has 0 aliphatic carbocycles. The molecule has 1 N–H and O–H groups in total. The first-order valence-corrected chi connectivity index (χ1v) is 7.48. The Labute approximate surface area is 140 Å². The van der Waals surface area contributed by atoms with E-state index in [4.69, 9.17) is 16.3 Å². The zero-order valence-corrected chi connectivity index (χ0v) is 13.7. The van der Waals surface area contributed by atoms with Crippen molar-refractivity contribution in [3.8, 4) is 0 Å². The molecule has 0 heterocycles. The van der Waals surface area contributed by atoms with Crippen molar-refractivity contribution in [3.63, 3.8) is 0 Å². The Kier molecular flexibility index (Phi) is 5.58. The van der Waals surface area contributed by atoms with Gasteiger partial charge in [-0.1, -0.05) is 23.7 Å². The number of carbonyl (C=O) groups is 2. The molecule has 0 fully saturated rings. The van der Waals surface area contributed by atoms with Crippen LogP contribution in [0.5, 0.6) is 0 Å². The highest BCUT2D eigenvalue weighted by molar-refractivity contribution is 14.1. The summed E-state index contributed by atoms with van der Waals surface area (Å²) in [6.07, 6.45) is 0. The molecule has 6 heteroatoms. The Morgan fingerprint density at radius 3 is 2.62 bits per heavy atom. The van der Waals surface area contributed by atoms with Crippen molar-refractivity contribution in [1.82, 2.24) is 0 Å². The maximum Gasteiger partial charge on any atom is 0.338 e. The molecule has 2 aromatic carbocycles. The summed E-state index contributed by atoms with van der Waals surface area (Å²) >= 11 is 7.93. The SMILES string of the molecule is O=C(COC(=O)c1cccc(Cl)c1)Nc1cccc(I)c1. The molecule has 0 radical (unpaired) electrons. The number of anilines is 1. The lowest BCUT2D eigenvalue weighted by molar-refractivity contribution is -0.119. The number of halogens is 2. The van der Waals surface area contributed by atoms with Gasteiger partial charge in [0.2, 0.25) is 0 Å². The minimum atomic E-state index is -0.588. The average molecular weight is 416 g/mol. The van der Waals surface area contributed by atoms with Gasteiger partial charge >= 0.3 is 5.97 Å². The van der Waals surface area contributed by atoms with E-state index in [2.05, 4.69) is 27.9 Å². The lowest BCUT2D eigenvalue weighted by atomic mass is 10.2. The zero-order chi connectivity index (χ0) is 15.2. The van der Waals surface area contributed by atoms with E-state index in [0.29, 0.717) is 16.3 Å². The number of benzene rings is 2. The third kappa shape index (κ3) is 5.02. The average Bonchev–Trinajstić information content (AvgIpc) is 2.45. The van der Waals surface area contributed by atoms with E-state index in [9.17, 15) is 9.59 Å². The number of amides is 1. The molecular weight excluding hydrogens is 405 g/mol. The molecule has 0 bridgehead atoms. The van der Waals surface area contributed by atoms with E-state index in [1.165, 1.54) is 6.07 Å².